The quantitative estimate of drug-likeness (QED) is 0.314. The van der Waals surface area contributed by atoms with E-state index in [0.717, 1.165) is 55.6 Å². The Morgan fingerprint density at radius 1 is 1.00 bits per heavy atom. The molecular formula is C24H37FIN7. The average molecular weight is 570 g/mol. The third-order valence-corrected chi connectivity index (χ3v) is 6.76. The molecule has 0 atom stereocenters. The Morgan fingerprint density at radius 3 is 2.24 bits per heavy atom. The summed E-state index contributed by atoms with van der Waals surface area (Å²) >= 11 is 0. The fourth-order valence-corrected chi connectivity index (χ4v) is 4.59. The number of halogens is 2. The van der Waals surface area contributed by atoms with Crippen LogP contribution in [0.25, 0.3) is 0 Å². The summed E-state index contributed by atoms with van der Waals surface area (Å²) in [7, 11) is 1.98. The zero-order valence-corrected chi connectivity index (χ0v) is 22.1. The van der Waals surface area contributed by atoms with Crippen molar-refractivity contribution in [2.24, 2.45) is 12.0 Å². The van der Waals surface area contributed by atoms with Gasteiger partial charge in [-0.3, -0.25) is 4.90 Å². The molecule has 0 amide bonds. The van der Waals surface area contributed by atoms with Crippen molar-refractivity contribution in [2.45, 2.75) is 77.0 Å². The third-order valence-electron chi connectivity index (χ3n) is 6.76. The number of hydrogen-bond acceptors (Lipinski definition) is 4. The molecule has 1 saturated carbocycles. The van der Waals surface area contributed by atoms with Crippen LogP contribution in [0.15, 0.2) is 29.3 Å². The van der Waals surface area contributed by atoms with Gasteiger partial charge in [0, 0.05) is 38.8 Å². The van der Waals surface area contributed by atoms with Crippen LogP contribution in [0.5, 0.6) is 0 Å². The SMILES string of the molecule is Cc1nnc(CN=C(NC2CCCCC2)NC2CCN(Cc3ccc(F)cc3)CC2)n1C.I. The molecule has 0 bridgehead atoms. The average Bonchev–Trinajstić information content (AvgIpc) is 3.13. The lowest BCUT2D eigenvalue weighted by molar-refractivity contribution is 0.198. The largest absolute Gasteiger partial charge is 0.354 e. The van der Waals surface area contributed by atoms with E-state index in [1.54, 1.807) is 12.1 Å². The molecule has 2 heterocycles. The summed E-state index contributed by atoms with van der Waals surface area (Å²) in [5, 5.41) is 15.8. The van der Waals surface area contributed by atoms with E-state index in [2.05, 4.69) is 25.7 Å². The number of aliphatic imine (C=N–C) groups is 1. The maximum absolute atomic E-state index is 13.2. The number of aromatic nitrogens is 3. The standard InChI is InChI=1S/C24H36FN7.HI/c1-18-29-30-23(31(18)2)16-26-24(27-21-6-4-3-5-7-21)28-22-12-14-32(15-13-22)17-19-8-10-20(25)11-9-19;/h8-11,21-22H,3-7,12-17H2,1-2H3,(H2,26,27,28);1H. The monoisotopic (exact) mass is 569 g/mol. The Hall–Kier alpha value is -1.75. The first-order chi connectivity index (χ1) is 15.6. The van der Waals surface area contributed by atoms with Gasteiger partial charge in [-0.15, -0.1) is 34.2 Å². The Balaban J connectivity index is 0.00000306. The van der Waals surface area contributed by atoms with Crippen LogP contribution in [-0.2, 0) is 20.1 Å². The van der Waals surface area contributed by atoms with E-state index < -0.39 is 0 Å². The van der Waals surface area contributed by atoms with E-state index in [1.165, 1.54) is 32.1 Å². The van der Waals surface area contributed by atoms with Crippen LogP contribution < -0.4 is 10.6 Å². The van der Waals surface area contributed by atoms with Crippen LogP contribution in [0.4, 0.5) is 4.39 Å². The van der Waals surface area contributed by atoms with E-state index in [-0.39, 0.29) is 29.8 Å². The molecule has 2 aliphatic rings. The van der Waals surface area contributed by atoms with E-state index in [4.69, 9.17) is 4.99 Å². The van der Waals surface area contributed by atoms with Crippen LogP contribution in [-0.4, -0.2) is 50.8 Å². The molecule has 182 valence electrons. The Labute approximate surface area is 213 Å². The molecule has 1 aromatic carbocycles. The summed E-state index contributed by atoms with van der Waals surface area (Å²) in [5.74, 6) is 2.50. The number of benzene rings is 1. The molecule has 2 aromatic rings. The van der Waals surface area contributed by atoms with Crippen molar-refractivity contribution >= 4 is 29.9 Å². The lowest BCUT2D eigenvalue weighted by Gasteiger charge is -2.34. The fraction of sp³-hybridized carbons (Fsp3) is 0.625. The maximum Gasteiger partial charge on any atom is 0.192 e. The van der Waals surface area contributed by atoms with Crippen molar-refractivity contribution < 1.29 is 4.39 Å². The first-order valence-corrected chi connectivity index (χ1v) is 12.0. The van der Waals surface area contributed by atoms with Gasteiger partial charge in [0.05, 0.1) is 0 Å². The molecule has 9 heteroatoms. The van der Waals surface area contributed by atoms with Gasteiger partial charge in [-0.05, 0) is 50.3 Å². The van der Waals surface area contributed by atoms with Gasteiger partial charge in [0.15, 0.2) is 11.8 Å². The summed E-state index contributed by atoms with van der Waals surface area (Å²) in [4.78, 5) is 7.32. The van der Waals surface area contributed by atoms with Gasteiger partial charge in [0.25, 0.3) is 0 Å². The second-order valence-electron chi connectivity index (χ2n) is 9.19. The molecule has 33 heavy (non-hydrogen) atoms. The third kappa shape index (κ3) is 7.63. The summed E-state index contributed by atoms with van der Waals surface area (Å²) in [6.07, 6.45) is 8.46. The van der Waals surface area contributed by atoms with E-state index >= 15 is 0 Å². The molecule has 1 saturated heterocycles. The zero-order chi connectivity index (χ0) is 22.3. The highest BCUT2D eigenvalue weighted by Gasteiger charge is 2.22. The predicted molar refractivity (Wildman–Crippen MR) is 140 cm³/mol. The first kappa shape index (κ1) is 25.9. The highest BCUT2D eigenvalue weighted by Crippen LogP contribution is 2.18. The highest BCUT2D eigenvalue weighted by molar-refractivity contribution is 14.0. The van der Waals surface area contributed by atoms with Gasteiger partial charge in [0.2, 0.25) is 0 Å². The van der Waals surface area contributed by atoms with Crippen LogP contribution in [0.2, 0.25) is 0 Å². The number of piperidine rings is 1. The molecule has 7 nitrogen and oxygen atoms in total. The zero-order valence-electron chi connectivity index (χ0n) is 19.8. The van der Waals surface area contributed by atoms with Crippen molar-refractivity contribution in [3.8, 4) is 0 Å². The molecule has 1 aromatic heterocycles. The molecule has 1 aliphatic heterocycles. The number of nitrogens with one attached hydrogen (secondary N) is 2. The Bertz CT molecular complexity index is 885. The Morgan fingerprint density at radius 2 is 1.64 bits per heavy atom. The first-order valence-electron chi connectivity index (χ1n) is 12.0. The number of hydrogen-bond donors (Lipinski definition) is 2. The molecule has 4 rings (SSSR count). The molecule has 0 spiro atoms. The maximum atomic E-state index is 13.2. The second-order valence-corrected chi connectivity index (χ2v) is 9.19. The summed E-state index contributed by atoms with van der Waals surface area (Å²) < 4.78 is 15.1. The lowest BCUT2D eigenvalue weighted by Crippen LogP contribution is -2.51. The van der Waals surface area contributed by atoms with E-state index in [1.807, 2.05) is 30.7 Å². The topological polar surface area (TPSA) is 70.4 Å². The van der Waals surface area contributed by atoms with Crippen molar-refractivity contribution in [1.82, 2.24) is 30.3 Å². The van der Waals surface area contributed by atoms with Gasteiger partial charge in [-0.25, -0.2) is 9.38 Å². The molecule has 0 radical (unpaired) electrons. The lowest BCUT2D eigenvalue weighted by atomic mass is 9.95. The van der Waals surface area contributed by atoms with Crippen molar-refractivity contribution in [3.63, 3.8) is 0 Å². The number of aryl methyl sites for hydroxylation is 1. The minimum absolute atomic E-state index is 0. The van der Waals surface area contributed by atoms with Gasteiger partial charge in [0.1, 0.15) is 18.2 Å². The molecule has 2 fully saturated rings. The van der Waals surface area contributed by atoms with Crippen LogP contribution in [0.1, 0.15) is 62.2 Å². The number of nitrogens with zero attached hydrogens (tertiary/aromatic N) is 5. The van der Waals surface area contributed by atoms with Crippen molar-refractivity contribution in [3.05, 3.63) is 47.3 Å². The molecule has 2 N–H and O–H groups in total. The van der Waals surface area contributed by atoms with Gasteiger partial charge >= 0.3 is 0 Å². The van der Waals surface area contributed by atoms with Crippen LogP contribution in [0, 0.1) is 12.7 Å². The number of likely N-dealkylation sites (tertiary alicyclic amines) is 1. The summed E-state index contributed by atoms with van der Waals surface area (Å²) in [6, 6.07) is 7.74. The van der Waals surface area contributed by atoms with Crippen LogP contribution in [0.3, 0.4) is 0 Å². The summed E-state index contributed by atoms with van der Waals surface area (Å²) in [6.45, 7) is 5.39. The minimum atomic E-state index is -0.176. The minimum Gasteiger partial charge on any atom is -0.354 e. The predicted octanol–water partition coefficient (Wildman–Crippen LogP) is 3.91. The van der Waals surface area contributed by atoms with E-state index in [0.29, 0.717) is 18.6 Å². The number of rotatable bonds is 6. The molecule has 0 unspecified atom stereocenters. The van der Waals surface area contributed by atoms with Crippen LogP contribution >= 0.6 is 24.0 Å². The van der Waals surface area contributed by atoms with Gasteiger partial charge in [-0.1, -0.05) is 31.4 Å². The van der Waals surface area contributed by atoms with Crippen molar-refractivity contribution in [2.75, 3.05) is 13.1 Å². The van der Waals surface area contributed by atoms with Gasteiger partial charge < -0.3 is 15.2 Å². The normalized spacial score (nSPS) is 18.7. The van der Waals surface area contributed by atoms with E-state index in [9.17, 15) is 4.39 Å². The summed E-state index contributed by atoms with van der Waals surface area (Å²) in [5.41, 5.74) is 1.16. The van der Waals surface area contributed by atoms with Crippen molar-refractivity contribution in [1.29, 1.82) is 0 Å². The highest BCUT2D eigenvalue weighted by atomic mass is 127. The molecule has 1 aliphatic carbocycles. The smallest absolute Gasteiger partial charge is 0.192 e. The Kier molecular flexibility index (Phi) is 9.91. The molecular weight excluding hydrogens is 532 g/mol. The van der Waals surface area contributed by atoms with Gasteiger partial charge in [-0.2, -0.15) is 0 Å². The number of guanidine groups is 1. The fourth-order valence-electron chi connectivity index (χ4n) is 4.59. The second kappa shape index (κ2) is 12.6.